The molecule has 1 atom stereocenters. The topological polar surface area (TPSA) is 73.7 Å². The van der Waals surface area contributed by atoms with E-state index in [1.807, 2.05) is 0 Å². The van der Waals surface area contributed by atoms with Gasteiger partial charge in [-0.2, -0.15) is 0 Å². The van der Waals surface area contributed by atoms with Crippen molar-refractivity contribution in [2.75, 3.05) is 11.4 Å². The molecule has 1 unspecified atom stereocenters. The first-order valence-corrected chi connectivity index (χ1v) is 5.33. The highest BCUT2D eigenvalue weighted by atomic mass is 16.4. The highest BCUT2D eigenvalue weighted by Gasteiger charge is 2.30. The van der Waals surface area contributed by atoms with Gasteiger partial charge in [0.15, 0.2) is 11.6 Å². The van der Waals surface area contributed by atoms with Gasteiger partial charge < -0.3 is 15.1 Å². The maximum atomic E-state index is 11.1. The van der Waals surface area contributed by atoms with Crippen LogP contribution < -0.4 is 4.90 Å². The molecule has 1 fully saturated rings. The van der Waals surface area contributed by atoms with Gasteiger partial charge in [0.05, 0.1) is 0 Å². The Kier molecular flexibility index (Phi) is 2.94. The Balaban J connectivity index is 2.30. The van der Waals surface area contributed by atoms with Gasteiger partial charge >= 0.3 is 5.97 Å². The van der Waals surface area contributed by atoms with Crippen LogP contribution in [0.3, 0.4) is 0 Å². The molecule has 0 aromatic carbocycles. The molecule has 0 bridgehead atoms. The minimum Gasteiger partial charge on any atom is -0.504 e. The first-order chi connectivity index (χ1) is 7.70. The van der Waals surface area contributed by atoms with Crippen molar-refractivity contribution < 1.29 is 15.0 Å². The van der Waals surface area contributed by atoms with Crippen LogP contribution in [0, 0.1) is 0 Å². The maximum Gasteiger partial charge on any atom is 0.326 e. The predicted octanol–water partition coefficient (Wildman–Crippen LogP) is 1.23. The summed E-state index contributed by atoms with van der Waals surface area (Å²) in [4.78, 5) is 16.8. The largest absolute Gasteiger partial charge is 0.504 e. The zero-order valence-electron chi connectivity index (χ0n) is 8.83. The number of aromatic nitrogens is 1. The number of carboxylic acids is 1. The minimum atomic E-state index is -0.857. The van der Waals surface area contributed by atoms with Gasteiger partial charge in [-0.25, -0.2) is 9.78 Å². The van der Waals surface area contributed by atoms with E-state index in [-0.39, 0.29) is 5.75 Å². The number of aliphatic carboxylic acids is 1. The molecule has 1 saturated heterocycles. The molecule has 1 aromatic rings. The minimum absolute atomic E-state index is 0.0376. The molecule has 0 amide bonds. The normalized spacial score (nSPS) is 20.8. The summed E-state index contributed by atoms with van der Waals surface area (Å²) in [6.07, 6.45) is 3.99. The van der Waals surface area contributed by atoms with Gasteiger partial charge in [0, 0.05) is 12.7 Å². The SMILES string of the molecule is O=C(O)C1CCCCN1c1ncccc1O. The molecule has 5 heteroatoms. The molecule has 1 aliphatic rings. The van der Waals surface area contributed by atoms with E-state index >= 15 is 0 Å². The first-order valence-electron chi connectivity index (χ1n) is 5.33. The summed E-state index contributed by atoms with van der Waals surface area (Å²) in [6, 6.07) is 2.57. The van der Waals surface area contributed by atoms with Crippen LogP contribution in [0.1, 0.15) is 19.3 Å². The molecule has 0 saturated carbocycles. The molecular formula is C11H14N2O3. The number of carbonyl (C=O) groups is 1. The van der Waals surface area contributed by atoms with E-state index in [2.05, 4.69) is 4.98 Å². The van der Waals surface area contributed by atoms with Crippen LogP contribution in [0.5, 0.6) is 5.75 Å². The van der Waals surface area contributed by atoms with E-state index in [4.69, 9.17) is 5.11 Å². The second kappa shape index (κ2) is 4.38. The predicted molar refractivity (Wildman–Crippen MR) is 58.5 cm³/mol. The van der Waals surface area contributed by atoms with Gasteiger partial charge in [-0.05, 0) is 31.4 Å². The summed E-state index contributed by atoms with van der Waals surface area (Å²) in [5.74, 6) is -0.449. The Hall–Kier alpha value is -1.78. The molecule has 0 aliphatic carbocycles. The fourth-order valence-electron chi connectivity index (χ4n) is 2.05. The molecule has 5 nitrogen and oxygen atoms in total. The zero-order chi connectivity index (χ0) is 11.5. The Bertz CT molecular complexity index is 395. The molecule has 16 heavy (non-hydrogen) atoms. The van der Waals surface area contributed by atoms with Crippen molar-refractivity contribution in [2.24, 2.45) is 0 Å². The average molecular weight is 222 g/mol. The van der Waals surface area contributed by atoms with Crippen molar-refractivity contribution in [3.8, 4) is 5.75 Å². The van der Waals surface area contributed by atoms with Crippen molar-refractivity contribution in [2.45, 2.75) is 25.3 Å². The summed E-state index contributed by atoms with van der Waals surface area (Å²) in [5, 5.41) is 18.8. The Morgan fingerprint density at radius 3 is 3.00 bits per heavy atom. The second-order valence-corrected chi connectivity index (χ2v) is 3.89. The summed E-state index contributed by atoms with van der Waals surface area (Å²) >= 11 is 0. The highest BCUT2D eigenvalue weighted by Crippen LogP contribution is 2.29. The number of piperidine rings is 1. The number of aromatic hydroxyl groups is 1. The zero-order valence-corrected chi connectivity index (χ0v) is 8.83. The van der Waals surface area contributed by atoms with Gasteiger partial charge in [0.2, 0.25) is 0 Å². The van der Waals surface area contributed by atoms with Gasteiger partial charge in [-0.3, -0.25) is 0 Å². The van der Waals surface area contributed by atoms with Crippen LogP contribution in [0.15, 0.2) is 18.3 Å². The molecule has 0 radical (unpaired) electrons. The summed E-state index contributed by atoms with van der Waals surface area (Å²) in [7, 11) is 0. The van der Waals surface area contributed by atoms with E-state index in [1.54, 1.807) is 17.2 Å². The van der Waals surface area contributed by atoms with Gasteiger partial charge in [0.25, 0.3) is 0 Å². The molecule has 2 heterocycles. The number of rotatable bonds is 2. The lowest BCUT2D eigenvalue weighted by atomic mass is 10.0. The highest BCUT2D eigenvalue weighted by molar-refractivity contribution is 5.78. The lowest BCUT2D eigenvalue weighted by molar-refractivity contribution is -0.139. The smallest absolute Gasteiger partial charge is 0.326 e. The fraction of sp³-hybridized carbons (Fsp3) is 0.455. The standard InChI is InChI=1S/C11H14N2O3/c14-9-5-3-6-12-10(9)13-7-2-1-4-8(13)11(15)16/h3,5-6,8,14H,1-2,4,7H2,(H,15,16). The molecule has 1 aliphatic heterocycles. The van der Waals surface area contributed by atoms with Gasteiger partial charge in [-0.15, -0.1) is 0 Å². The molecule has 1 aromatic heterocycles. The fourth-order valence-corrected chi connectivity index (χ4v) is 2.05. The maximum absolute atomic E-state index is 11.1. The van der Waals surface area contributed by atoms with E-state index < -0.39 is 12.0 Å². The van der Waals surface area contributed by atoms with Crippen LogP contribution in [-0.4, -0.2) is 33.8 Å². The third-order valence-electron chi connectivity index (χ3n) is 2.83. The second-order valence-electron chi connectivity index (χ2n) is 3.89. The third kappa shape index (κ3) is 1.93. The average Bonchev–Trinajstić information content (AvgIpc) is 2.29. The van der Waals surface area contributed by atoms with Crippen molar-refractivity contribution in [3.05, 3.63) is 18.3 Å². The van der Waals surface area contributed by atoms with E-state index in [0.717, 1.165) is 12.8 Å². The van der Waals surface area contributed by atoms with Crippen LogP contribution in [0.2, 0.25) is 0 Å². The first kappa shape index (κ1) is 10.7. The quantitative estimate of drug-likeness (QED) is 0.787. The number of hydrogen-bond donors (Lipinski definition) is 2. The Morgan fingerprint density at radius 1 is 1.50 bits per heavy atom. The molecule has 2 N–H and O–H groups in total. The molecular weight excluding hydrogens is 208 g/mol. The Labute approximate surface area is 93.3 Å². The van der Waals surface area contributed by atoms with Gasteiger partial charge in [-0.1, -0.05) is 0 Å². The number of hydrogen-bond acceptors (Lipinski definition) is 4. The number of pyridine rings is 1. The van der Waals surface area contributed by atoms with Crippen molar-refractivity contribution in [1.29, 1.82) is 0 Å². The van der Waals surface area contributed by atoms with Crippen molar-refractivity contribution in [3.63, 3.8) is 0 Å². The number of nitrogens with zero attached hydrogens (tertiary/aromatic N) is 2. The lowest BCUT2D eigenvalue weighted by Crippen LogP contribution is -2.45. The van der Waals surface area contributed by atoms with E-state index in [9.17, 15) is 9.90 Å². The Morgan fingerprint density at radius 2 is 2.31 bits per heavy atom. The molecule has 0 spiro atoms. The molecule has 2 rings (SSSR count). The van der Waals surface area contributed by atoms with Crippen LogP contribution >= 0.6 is 0 Å². The number of carboxylic acid groups (broad SMARTS) is 1. The van der Waals surface area contributed by atoms with Crippen molar-refractivity contribution >= 4 is 11.8 Å². The molecule has 86 valence electrons. The van der Waals surface area contributed by atoms with Crippen LogP contribution in [-0.2, 0) is 4.79 Å². The summed E-state index contributed by atoms with van der Waals surface area (Å²) in [5.41, 5.74) is 0. The van der Waals surface area contributed by atoms with E-state index in [0.29, 0.717) is 18.8 Å². The monoisotopic (exact) mass is 222 g/mol. The summed E-state index contributed by atoms with van der Waals surface area (Å²) in [6.45, 7) is 0.627. The van der Waals surface area contributed by atoms with E-state index in [1.165, 1.54) is 6.07 Å². The van der Waals surface area contributed by atoms with Gasteiger partial charge in [0.1, 0.15) is 6.04 Å². The van der Waals surface area contributed by atoms with Crippen LogP contribution in [0.25, 0.3) is 0 Å². The number of anilines is 1. The summed E-state index contributed by atoms with van der Waals surface area (Å²) < 4.78 is 0. The van der Waals surface area contributed by atoms with Crippen molar-refractivity contribution in [1.82, 2.24) is 4.98 Å². The third-order valence-corrected chi connectivity index (χ3v) is 2.83. The van der Waals surface area contributed by atoms with Crippen LogP contribution in [0.4, 0.5) is 5.82 Å². The lowest BCUT2D eigenvalue weighted by Gasteiger charge is -2.33.